The van der Waals surface area contributed by atoms with Crippen LogP contribution in [-0.4, -0.2) is 23.0 Å². The lowest BCUT2D eigenvalue weighted by Crippen LogP contribution is -2.26. The van der Waals surface area contributed by atoms with Crippen molar-refractivity contribution in [3.63, 3.8) is 0 Å². The van der Waals surface area contributed by atoms with E-state index in [9.17, 15) is 14.5 Å². The number of benzene rings is 1. The van der Waals surface area contributed by atoms with E-state index in [0.717, 1.165) is 17.8 Å². The minimum absolute atomic E-state index is 0.0616. The van der Waals surface area contributed by atoms with E-state index in [1.165, 1.54) is 6.07 Å². The van der Waals surface area contributed by atoms with Crippen LogP contribution in [-0.2, 0) is 9.09 Å². The Kier molecular flexibility index (Phi) is 7.08. The van der Waals surface area contributed by atoms with Gasteiger partial charge in [0.2, 0.25) is 0 Å². The Morgan fingerprint density at radius 1 is 1.43 bits per heavy atom. The van der Waals surface area contributed by atoms with E-state index >= 15 is 0 Å². The molecule has 0 aliphatic heterocycles. The molecule has 8 heteroatoms. The molecule has 2 unspecified atom stereocenters. The second-order valence-electron chi connectivity index (χ2n) is 4.32. The van der Waals surface area contributed by atoms with Crippen LogP contribution in [0.2, 0.25) is 0 Å². The Balaban J connectivity index is 2.73. The molecule has 1 rings (SSSR count). The fourth-order valence-electron chi connectivity index (χ4n) is 1.42. The van der Waals surface area contributed by atoms with Gasteiger partial charge in [-0.3, -0.25) is 9.65 Å². The topological polar surface area (TPSA) is 87.7 Å². The number of urea groups is 1. The van der Waals surface area contributed by atoms with Crippen molar-refractivity contribution >= 4 is 29.8 Å². The lowest BCUT2D eigenvalue weighted by molar-refractivity contribution is 0.254. The van der Waals surface area contributed by atoms with Gasteiger partial charge in [-0.2, -0.15) is 0 Å². The molecule has 0 saturated carbocycles. The average Bonchev–Trinajstić information content (AvgIpc) is 2.41. The second kappa shape index (κ2) is 8.32. The summed E-state index contributed by atoms with van der Waals surface area (Å²) in [5, 5.41) is 14.5. The Morgan fingerprint density at radius 3 is 2.67 bits per heavy atom. The third-order valence-corrected chi connectivity index (χ3v) is 7.13. The number of carbonyl (C=O) groups excluding carboxylic acids is 1. The molecule has 0 aromatic heterocycles. The highest BCUT2D eigenvalue weighted by molar-refractivity contribution is 8.56. The molecule has 0 aliphatic carbocycles. The van der Waals surface area contributed by atoms with Gasteiger partial charge in [0.1, 0.15) is 5.75 Å². The van der Waals surface area contributed by atoms with Gasteiger partial charge in [-0.25, -0.2) is 4.79 Å². The van der Waals surface area contributed by atoms with Crippen LogP contribution < -0.4 is 10.4 Å². The summed E-state index contributed by atoms with van der Waals surface area (Å²) in [7, 11) is 0. The van der Waals surface area contributed by atoms with Gasteiger partial charge in [0, 0.05) is 5.25 Å². The van der Waals surface area contributed by atoms with Crippen molar-refractivity contribution in [1.29, 1.82) is 0 Å². The van der Waals surface area contributed by atoms with Gasteiger partial charge >= 0.3 is 12.8 Å². The number of para-hydroxylation sites is 2. The Labute approximate surface area is 128 Å². The fraction of sp³-hybridized carbons (Fsp3) is 0.462. The van der Waals surface area contributed by atoms with E-state index in [-0.39, 0.29) is 23.3 Å². The van der Waals surface area contributed by atoms with Crippen LogP contribution in [0.4, 0.5) is 10.5 Å². The normalized spacial score (nSPS) is 15.0. The minimum Gasteiger partial charge on any atom is -0.506 e. The maximum Gasteiger partial charge on any atom is 0.354 e. The van der Waals surface area contributed by atoms with E-state index in [0.29, 0.717) is 0 Å². The van der Waals surface area contributed by atoms with Crippen molar-refractivity contribution < 1.29 is 19.0 Å². The second-order valence-corrected chi connectivity index (χ2v) is 8.89. The van der Waals surface area contributed by atoms with E-state index in [1.807, 2.05) is 13.8 Å². The number of rotatable bonds is 7. The summed E-state index contributed by atoms with van der Waals surface area (Å²) in [6, 6.07) is 5.63. The molecule has 21 heavy (non-hydrogen) atoms. The third kappa shape index (κ3) is 5.99. The minimum atomic E-state index is -3.33. The van der Waals surface area contributed by atoms with E-state index in [2.05, 4.69) is 10.4 Å². The maximum atomic E-state index is 12.6. The van der Waals surface area contributed by atoms with Crippen LogP contribution in [0, 0.1) is 0 Å². The first-order valence-electron chi connectivity index (χ1n) is 6.70. The predicted molar refractivity (Wildman–Crippen MR) is 86.8 cm³/mol. The predicted octanol–water partition coefficient (Wildman–Crippen LogP) is 4.19. The standard InChI is InChI=1S/C13H21N2O4PS/c1-4-10(3)21-20(18,19-5-2)15-13(17)14-11-8-6-7-9-12(11)16/h6-10,16H,4-5H2,1-3H3,(H2,14,15,17,18). The number of phenolic OH excluding ortho intramolecular Hbond substituents is 1. The van der Waals surface area contributed by atoms with Gasteiger partial charge in [0.25, 0.3) is 0 Å². The number of phenols is 1. The summed E-state index contributed by atoms with van der Waals surface area (Å²) in [6.45, 7) is 2.51. The fourth-order valence-corrected chi connectivity index (χ4v) is 5.64. The largest absolute Gasteiger partial charge is 0.506 e. The summed E-state index contributed by atoms with van der Waals surface area (Å²) in [6.07, 6.45) is 0.810. The molecule has 2 atom stereocenters. The number of aromatic hydroxyl groups is 1. The molecule has 118 valence electrons. The van der Waals surface area contributed by atoms with Gasteiger partial charge < -0.3 is 14.9 Å². The summed E-state index contributed by atoms with van der Waals surface area (Å²) in [4.78, 5) is 11.9. The quantitative estimate of drug-likeness (QED) is 0.515. The zero-order valence-corrected chi connectivity index (χ0v) is 14.0. The SMILES string of the molecule is CCOP(=O)(NC(=O)Nc1ccccc1O)SC(C)CC. The molecular weight excluding hydrogens is 311 g/mol. The number of amides is 2. The van der Waals surface area contributed by atoms with Gasteiger partial charge in [-0.15, -0.1) is 0 Å². The molecule has 0 heterocycles. The summed E-state index contributed by atoms with van der Waals surface area (Å²) in [5.41, 5.74) is 0.242. The lowest BCUT2D eigenvalue weighted by Gasteiger charge is -2.21. The zero-order chi connectivity index (χ0) is 15.9. The van der Waals surface area contributed by atoms with Crippen LogP contribution in [0.25, 0.3) is 0 Å². The Hall–Kier alpha value is -1.17. The number of carbonyl (C=O) groups is 1. The van der Waals surface area contributed by atoms with Crippen molar-refractivity contribution in [3.8, 4) is 5.75 Å². The van der Waals surface area contributed by atoms with E-state index in [4.69, 9.17) is 4.52 Å². The summed E-state index contributed by atoms with van der Waals surface area (Å²) in [5.74, 6) is -0.0616. The molecule has 1 aromatic carbocycles. The molecule has 3 N–H and O–H groups in total. The molecule has 0 fully saturated rings. The van der Waals surface area contributed by atoms with E-state index in [1.54, 1.807) is 25.1 Å². The Bertz CT molecular complexity index is 527. The monoisotopic (exact) mass is 332 g/mol. The highest BCUT2D eigenvalue weighted by atomic mass is 32.7. The molecule has 0 saturated heterocycles. The number of hydrogen-bond donors (Lipinski definition) is 3. The highest BCUT2D eigenvalue weighted by Crippen LogP contribution is 2.58. The third-order valence-electron chi connectivity index (χ3n) is 2.58. The first kappa shape index (κ1) is 17.9. The molecular formula is C13H21N2O4PS. The van der Waals surface area contributed by atoms with Gasteiger partial charge in [-0.05, 0) is 36.9 Å². The van der Waals surface area contributed by atoms with Gasteiger partial charge in [0.05, 0.1) is 12.3 Å². The Morgan fingerprint density at radius 2 is 2.10 bits per heavy atom. The average molecular weight is 332 g/mol. The number of nitrogens with one attached hydrogen (secondary N) is 2. The van der Waals surface area contributed by atoms with Crippen LogP contribution in [0.3, 0.4) is 0 Å². The molecule has 2 amide bonds. The van der Waals surface area contributed by atoms with Gasteiger partial charge in [0.15, 0.2) is 0 Å². The first-order chi connectivity index (χ1) is 9.90. The van der Waals surface area contributed by atoms with E-state index < -0.39 is 12.8 Å². The summed E-state index contributed by atoms with van der Waals surface area (Å²) >= 11 is 1.11. The lowest BCUT2D eigenvalue weighted by atomic mass is 10.3. The van der Waals surface area contributed by atoms with Crippen molar-refractivity contribution in [1.82, 2.24) is 5.09 Å². The molecule has 0 radical (unpaired) electrons. The number of hydrogen-bond acceptors (Lipinski definition) is 5. The van der Waals surface area contributed by atoms with Crippen molar-refractivity contribution in [2.24, 2.45) is 0 Å². The van der Waals surface area contributed by atoms with Crippen molar-refractivity contribution in [2.75, 3.05) is 11.9 Å². The molecule has 0 aliphatic rings. The van der Waals surface area contributed by atoms with Crippen molar-refractivity contribution in [2.45, 2.75) is 32.4 Å². The molecule has 0 spiro atoms. The van der Waals surface area contributed by atoms with Crippen LogP contribution in [0.1, 0.15) is 27.2 Å². The maximum absolute atomic E-state index is 12.6. The van der Waals surface area contributed by atoms with Crippen LogP contribution in [0.15, 0.2) is 24.3 Å². The first-order valence-corrected chi connectivity index (χ1v) is 9.81. The highest BCUT2D eigenvalue weighted by Gasteiger charge is 2.28. The molecule has 0 bridgehead atoms. The number of anilines is 1. The van der Waals surface area contributed by atoms with Crippen LogP contribution in [0.5, 0.6) is 5.75 Å². The molecule has 1 aromatic rings. The molecule has 6 nitrogen and oxygen atoms in total. The zero-order valence-electron chi connectivity index (χ0n) is 12.3. The smallest absolute Gasteiger partial charge is 0.354 e. The van der Waals surface area contributed by atoms with Crippen LogP contribution >= 0.6 is 18.1 Å². The van der Waals surface area contributed by atoms with Crippen molar-refractivity contribution in [3.05, 3.63) is 24.3 Å². The summed E-state index contributed by atoms with van der Waals surface area (Å²) < 4.78 is 17.8. The van der Waals surface area contributed by atoms with Gasteiger partial charge in [-0.1, -0.05) is 26.0 Å².